The Morgan fingerprint density at radius 2 is 1.94 bits per heavy atom. The van der Waals surface area contributed by atoms with Gasteiger partial charge in [0.1, 0.15) is 11.4 Å². The molecule has 0 radical (unpaired) electrons. The standard InChI is InChI=1S/C25H27N3O3/c1-17-22(23(27-26-17)18-6-4-3-5-7-18)24(29)28-13-11-25(12-14-28)21-9-8-20(30-2)16-19(21)10-15-31-25/h3-9,16H,10-15H2,1-2H3,(H,26,27). The fraction of sp³-hybridized carbons (Fsp3) is 0.360. The Labute approximate surface area is 182 Å². The Kier molecular flexibility index (Phi) is 5.02. The number of benzene rings is 2. The van der Waals surface area contributed by atoms with E-state index in [4.69, 9.17) is 9.47 Å². The molecule has 1 aromatic heterocycles. The molecular formula is C25H27N3O3. The van der Waals surface area contributed by atoms with Crippen molar-refractivity contribution in [1.82, 2.24) is 15.1 Å². The van der Waals surface area contributed by atoms with E-state index in [2.05, 4.69) is 22.3 Å². The molecule has 2 aliphatic rings. The Bertz CT molecular complexity index is 1100. The van der Waals surface area contributed by atoms with Crippen LogP contribution in [0.3, 0.4) is 0 Å². The highest BCUT2D eigenvalue weighted by Crippen LogP contribution is 2.43. The van der Waals surface area contributed by atoms with Crippen molar-refractivity contribution in [3.63, 3.8) is 0 Å². The molecular weight excluding hydrogens is 390 g/mol. The van der Waals surface area contributed by atoms with Crippen molar-refractivity contribution in [3.05, 3.63) is 70.9 Å². The second-order valence-electron chi connectivity index (χ2n) is 8.35. The topological polar surface area (TPSA) is 67.5 Å². The smallest absolute Gasteiger partial charge is 0.257 e. The highest BCUT2D eigenvalue weighted by atomic mass is 16.5. The molecule has 0 atom stereocenters. The van der Waals surface area contributed by atoms with Crippen LogP contribution in [0.5, 0.6) is 5.75 Å². The minimum absolute atomic E-state index is 0.0331. The Hall–Kier alpha value is -3.12. The van der Waals surface area contributed by atoms with Crippen molar-refractivity contribution in [1.29, 1.82) is 0 Å². The van der Waals surface area contributed by atoms with Crippen LogP contribution < -0.4 is 4.74 Å². The fourth-order valence-corrected chi connectivity index (χ4v) is 4.92. The fourth-order valence-electron chi connectivity index (χ4n) is 4.92. The number of rotatable bonds is 3. The number of H-pyrrole nitrogens is 1. The van der Waals surface area contributed by atoms with E-state index < -0.39 is 0 Å². The number of hydrogen-bond acceptors (Lipinski definition) is 4. The molecule has 1 amide bonds. The first-order valence-electron chi connectivity index (χ1n) is 10.8. The predicted octanol–water partition coefficient (Wildman–Crippen LogP) is 4.10. The van der Waals surface area contributed by atoms with Gasteiger partial charge in [0.05, 0.1) is 24.9 Å². The zero-order valence-corrected chi connectivity index (χ0v) is 18.0. The van der Waals surface area contributed by atoms with Crippen LogP contribution in [0.15, 0.2) is 48.5 Å². The normalized spacial score (nSPS) is 17.4. The number of aryl methyl sites for hydroxylation is 1. The molecule has 3 aromatic rings. The summed E-state index contributed by atoms with van der Waals surface area (Å²) in [6, 6.07) is 16.1. The van der Waals surface area contributed by atoms with E-state index in [-0.39, 0.29) is 11.5 Å². The van der Waals surface area contributed by atoms with Gasteiger partial charge in [-0.3, -0.25) is 9.89 Å². The first kappa shape index (κ1) is 19.8. The second kappa shape index (κ2) is 7.85. The van der Waals surface area contributed by atoms with Crippen LogP contribution in [0.25, 0.3) is 11.3 Å². The third-order valence-electron chi connectivity index (χ3n) is 6.62. The molecule has 6 nitrogen and oxygen atoms in total. The summed E-state index contributed by atoms with van der Waals surface area (Å²) in [5.41, 5.74) is 5.35. The van der Waals surface area contributed by atoms with Crippen molar-refractivity contribution in [2.45, 2.75) is 31.8 Å². The van der Waals surface area contributed by atoms with Gasteiger partial charge >= 0.3 is 0 Å². The lowest BCUT2D eigenvalue weighted by Gasteiger charge is -2.45. The van der Waals surface area contributed by atoms with Crippen LogP contribution in [-0.2, 0) is 16.8 Å². The van der Waals surface area contributed by atoms with Crippen LogP contribution >= 0.6 is 0 Å². The Morgan fingerprint density at radius 1 is 1.16 bits per heavy atom. The zero-order chi connectivity index (χ0) is 21.4. The first-order valence-corrected chi connectivity index (χ1v) is 10.8. The summed E-state index contributed by atoms with van der Waals surface area (Å²) in [6.45, 7) is 3.92. The van der Waals surface area contributed by atoms with Gasteiger partial charge in [-0.15, -0.1) is 0 Å². The van der Waals surface area contributed by atoms with Gasteiger partial charge in [-0.1, -0.05) is 36.4 Å². The summed E-state index contributed by atoms with van der Waals surface area (Å²) in [6.07, 6.45) is 2.47. The summed E-state index contributed by atoms with van der Waals surface area (Å²) in [5, 5.41) is 7.42. The molecule has 1 fully saturated rings. The van der Waals surface area contributed by atoms with E-state index in [0.29, 0.717) is 25.3 Å². The van der Waals surface area contributed by atoms with E-state index >= 15 is 0 Å². The first-order chi connectivity index (χ1) is 15.1. The van der Waals surface area contributed by atoms with Crippen LogP contribution in [-0.4, -0.2) is 47.8 Å². The number of nitrogens with zero attached hydrogens (tertiary/aromatic N) is 2. The molecule has 3 heterocycles. The zero-order valence-electron chi connectivity index (χ0n) is 18.0. The van der Waals surface area contributed by atoms with Gasteiger partial charge in [-0.05, 0) is 49.4 Å². The third kappa shape index (κ3) is 3.41. The van der Waals surface area contributed by atoms with Crippen LogP contribution in [0.1, 0.15) is 40.0 Å². The molecule has 31 heavy (non-hydrogen) atoms. The second-order valence-corrected chi connectivity index (χ2v) is 8.35. The monoisotopic (exact) mass is 417 g/mol. The predicted molar refractivity (Wildman–Crippen MR) is 118 cm³/mol. The van der Waals surface area contributed by atoms with Crippen molar-refractivity contribution < 1.29 is 14.3 Å². The maximum absolute atomic E-state index is 13.5. The van der Waals surface area contributed by atoms with Gasteiger partial charge in [-0.2, -0.15) is 5.10 Å². The summed E-state index contributed by atoms with van der Waals surface area (Å²) in [5.74, 6) is 0.915. The molecule has 0 saturated carbocycles. The number of amides is 1. The van der Waals surface area contributed by atoms with Crippen molar-refractivity contribution in [2.75, 3.05) is 26.8 Å². The summed E-state index contributed by atoms with van der Waals surface area (Å²) in [7, 11) is 1.70. The summed E-state index contributed by atoms with van der Waals surface area (Å²) >= 11 is 0. The van der Waals surface area contributed by atoms with Gasteiger partial charge in [0, 0.05) is 24.3 Å². The van der Waals surface area contributed by atoms with Gasteiger partial charge in [0.2, 0.25) is 0 Å². The minimum Gasteiger partial charge on any atom is -0.497 e. The minimum atomic E-state index is -0.315. The van der Waals surface area contributed by atoms with E-state index in [1.807, 2.05) is 48.2 Å². The molecule has 2 aromatic carbocycles. The molecule has 0 unspecified atom stereocenters. The van der Waals surface area contributed by atoms with Crippen molar-refractivity contribution in [2.24, 2.45) is 0 Å². The number of methoxy groups -OCH3 is 1. The molecule has 0 bridgehead atoms. The van der Waals surface area contributed by atoms with E-state index in [9.17, 15) is 4.79 Å². The number of aromatic nitrogens is 2. The third-order valence-corrected chi connectivity index (χ3v) is 6.62. The Balaban J connectivity index is 1.38. The Morgan fingerprint density at radius 3 is 2.68 bits per heavy atom. The molecule has 0 aliphatic carbocycles. The number of likely N-dealkylation sites (tertiary alicyclic amines) is 1. The van der Waals surface area contributed by atoms with Gasteiger partial charge in [0.15, 0.2) is 0 Å². The van der Waals surface area contributed by atoms with Crippen LogP contribution in [0, 0.1) is 6.92 Å². The number of carbonyl (C=O) groups is 1. The summed E-state index contributed by atoms with van der Waals surface area (Å²) < 4.78 is 11.7. The molecule has 2 aliphatic heterocycles. The highest BCUT2D eigenvalue weighted by Gasteiger charge is 2.42. The largest absolute Gasteiger partial charge is 0.497 e. The van der Waals surface area contributed by atoms with Crippen LogP contribution in [0.4, 0.5) is 0 Å². The molecule has 1 N–H and O–H groups in total. The van der Waals surface area contributed by atoms with E-state index in [0.717, 1.165) is 42.0 Å². The lowest BCUT2D eigenvalue weighted by Crippen LogP contribution is -2.48. The molecule has 160 valence electrons. The number of piperidine rings is 1. The maximum Gasteiger partial charge on any atom is 0.257 e. The molecule has 6 heteroatoms. The quantitative estimate of drug-likeness (QED) is 0.697. The van der Waals surface area contributed by atoms with E-state index in [1.54, 1.807) is 7.11 Å². The van der Waals surface area contributed by atoms with Gasteiger partial charge in [-0.25, -0.2) is 0 Å². The number of nitrogens with one attached hydrogen (secondary N) is 1. The number of hydrogen-bond donors (Lipinski definition) is 1. The average molecular weight is 418 g/mol. The lowest BCUT2D eigenvalue weighted by atomic mass is 9.79. The molecule has 1 spiro atoms. The maximum atomic E-state index is 13.5. The summed E-state index contributed by atoms with van der Waals surface area (Å²) in [4.78, 5) is 15.4. The number of aromatic amines is 1. The van der Waals surface area contributed by atoms with Crippen molar-refractivity contribution >= 4 is 5.91 Å². The molecule has 5 rings (SSSR count). The van der Waals surface area contributed by atoms with Gasteiger partial charge < -0.3 is 14.4 Å². The van der Waals surface area contributed by atoms with Gasteiger partial charge in [0.25, 0.3) is 5.91 Å². The SMILES string of the molecule is COc1ccc2c(c1)CCOC21CCN(C(=O)c2c(-c3ccccc3)n[nH]c2C)CC1. The van der Waals surface area contributed by atoms with E-state index in [1.165, 1.54) is 11.1 Å². The van der Waals surface area contributed by atoms with Crippen LogP contribution in [0.2, 0.25) is 0 Å². The highest BCUT2D eigenvalue weighted by molar-refractivity contribution is 6.01. The lowest BCUT2D eigenvalue weighted by molar-refractivity contribution is -0.0935. The number of carbonyl (C=O) groups excluding carboxylic acids is 1. The number of ether oxygens (including phenoxy) is 2. The average Bonchev–Trinajstić information content (AvgIpc) is 3.21. The van der Waals surface area contributed by atoms with Crippen molar-refractivity contribution in [3.8, 4) is 17.0 Å². The number of fused-ring (bicyclic) bond motifs is 2. The molecule has 1 saturated heterocycles.